The topological polar surface area (TPSA) is 95.0 Å². The molecule has 7 heteroatoms. The molecule has 0 amide bonds. The second kappa shape index (κ2) is 6.84. The van der Waals surface area contributed by atoms with Crippen LogP contribution in [0.25, 0.3) is 33.2 Å². The molecule has 1 saturated heterocycles. The van der Waals surface area contributed by atoms with Crippen molar-refractivity contribution in [2.45, 2.75) is 32.2 Å². The number of hydrogen-bond acceptors (Lipinski definition) is 5. The largest absolute Gasteiger partial charge is 0.478 e. The first-order valence-electron chi connectivity index (χ1n) is 9.85. The fourth-order valence-corrected chi connectivity index (χ4v) is 4.07. The molecule has 146 valence electrons. The van der Waals surface area contributed by atoms with Crippen LogP contribution in [0.4, 0.5) is 5.82 Å². The van der Waals surface area contributed by atoms with Gasteiger partial charge in [0.05, 0.1) is 28.3 Å². The van der Waals surface area contributed by atoms with Crippen molar-refractivity contribution in [1.29, 1.82) is 0 Å². The smallest absolute Gasteiger partial charge is 0.335 e. The Hall–Kier alpha value is -3.48. The Kier molecular flexibility index (Phi) is 4.16. The van der Waals surface area contributed by atoms with Crippen LogP contribution in [-0.2, 0) is 0 Å². The first-order chi connectivity index (χ1) is 14.1. The summed E-state index contributed by atoms with van der Waals surface area (Å²) in [5.74, 6) is -0.147. The van der Waals surface area contributed by atoms with Crippen molar-refractivity contribution in [1.82, 2.24) is 20.2 Å². The number of aromatic nitrogens is 4. The van der Waals surface area contributed by atoms with E-state index in [1.807, 2.05) is 12.1 Å². The first-order valence-corrected chi connectivity index (χ1v) is 9.85. The maximum absolute atomic E-state index is 11.4. The molecule has 7 nitrogen and oxygen atoms in total. The van der Waals surface area contributed by atoms with Crippen LogP contribution in [0.5, 0.6) is 0 Å². The third kappa shape index (κ3) is 3.08. The number of carbonyl (C=O) groups is 1. The van der Waals surface area contributed by atoms with E-state index in [-0.39, 0.29) is 5.56 Å². The van der Waals surface area contributed by atoms with Crippen molar-refractivity contribution in [3.8, 4) is 11.3 Å². The lowest BCUT2D eigenvalue weighted by atomic mass is 10.0. The first kappa shape index (κ1) is 17.6. The van der Waals surface area contributed by atoms with Gasteiger partial charge < -0.3 is 10.0 Å². The fraction of sp³-hybridized carbons (Fsp3) is 0.273. The van der Waals surface area contributed by atoms with E-state index in [1.165, 1.54) is 6.42 Å². The monoisotopic (exact) mass is 387 g/mol. The van der Waals surface area contributed by atoms with Crippen molar-refractivity contribution in [3.63, 3.8) is 0 Å². The molecule has 0 unspecified atom stereocenters. The number of rotatable bonds is 3. The summed E-state index contributed by atoms with van der Waals surface area (Å²) in [7, 11) is 0. The molecule has 0 spiro atoms. The van der Waals surface area contributed by atoms with Gasteiger partial charge in [-0.05, 0) is 56.5 Å². The second-order valence-corrected chi connectivity index (χ2v) is 7.61. The number of aromatic amines is 1. The van der Waals surface area contributed by atoms with Crippen LogP contribution in [0, 0.1) is 0 Å². The summed E-state index contributed by atoms with van der Waals surface area (Å²) in [5, 5.41) is 17.5. The van der Waals surface area contributed by atoms with E-state index in [9.17, 15) is 9.90 Å². The van der Waals surface area contributed by atoms with Crippen molar-refractivity contribution in [3.05, 3.63) is 48.2 Å². The number of fused-ring (bicyclic) bond motifs is 2. The molecule has 4 aromatic rings. The predicted octanol–water partition coefficient (Wildman–Crippen LogP) is 4.25. The van der Waals surface area contributed by atoms with Crippen LogP contribution >= 0.6 is 0 Å². The highest BCUT2D eigenvalue weighted by Crippen LogP contribution is 2.34. The van der Waals surface area contributed by atoms with Crippen LogP contribution < -0.4 is 4.90 Å². The van der Waals surface area contributed by atoms with Gasteiger partial charge in [0, 0.05) is 23.5 Å². The lowest BCUT2D eigenvalue weighted by Gasteiger charge is -2.35. The van der Waals surface area contributed by atoms with E-state index < -0.39 is 5.97 Å². The Morgan fingerprint density at radius 2 is 2.03 bits per heavy atom. The molecule has 0 aliphatic carbocycles. The Balaban J connectivity index is 1.74. The van der Waals surface area contributed by atoms with Crippen molar-refractivity contribution >= 4 is 33.7 Å². The average Bonchev–Trinajstić information content (AvgIpc) is 3.20. The number of anilines is 1. The quantitative estimate of drug-likeness (QED) is 0.546. The number of carboxylic acids is 1. The van der Waals surface area contributed by atoms with Crippen molar-refractivity contribution in [2.75, 3.05) is 11.4 Å². The zero-order valence-corrected chi connectivity index (χ0v) is 16.1. The summed E-state index contributed by atoms with van der Waals surface area (Å²) in [6.07, 6.45) is 5.22. The average molecular weight is 387 g/mol. The molecule has 2 aromatic heterocycles. The molecule has 0 saturated carbocycles. The van der Waals surface area contributed by atoms with Gasteiger partial charge >= 0.3 is 5.97 Å². The molecule has 1 aliphatic heterocycles. The normalized spacial score (nSPS) is 17.1. The Bertz CT molecular complexity index is 1230. The zero-order valence-electron chi connectivity index (χ0n) is 16.1. The van der Waals surface area contributed by atoms with Gasteiger partial charge in [-0.2, -0.15) is 5.10 Å². The minimum Gasteiger partial charge on any atom is -0.478 e. The van der Waals surface area contributed by atoms with Crippen LogP contribution in [0.3, 0.4) is 0 Å². The molecule has 5 rings (SSSR count). The Labute approximate surface area is 167 Å². The van der Waals surface area contributed by atoms with Gasteiger partial charge in [-0.25, -0.2) is 14.8 Å². The van der Waals surface area contributed by atoms with Crippen molar-refractivity contribution in [2.24, 2.45) is 0 Å². The Morgan fingerprint density at radius 1 is 1.14 bits per heavy atom. The lowest BCUT2D eigenvalue weighted by molar-refractivity contribution is 0.0697. The predicted molar refractivity (Wildman–Crippen MR) is 112 cm³/mol. The standard InChI is InChI=1S/C22H21N5O2/c1-13-4-2-3-9-27(13)21-20(14-5-7-17-16(10-14)12-23-26-17)24-18-8-6-15(22(28)29)11-19(18)25-21/h5-8,10-13H,2-4,9H2,1H3,(H,23,26)(H,28,29)/t13-/m0/s1. The van der Waals surface area contributed by atoms with Gasteiger partial charge in [0.2, 0.25) is 0 Å². The number of piperidine rings is 1. The number of H-pyrrole nitrogens is 1. The lowest BCUT2D eigenvalue weighted by Crippen LogP contribution is -2.38. The number of carboxylic acid groups (broad SMARTS) is 1. The van der Waals surface area contributed by atoms with Crippen LogP contribution in [0.15, 0.2) is 42.6 Å². The summed E-state index contributed by atoms with van der Waals surface area (Å²) in [4.78, 5) is 23.5. The van der Waals surface area contributed by atoms with E-state index in [0.29, 0.717) is 17.1 Å². The van der Waals surface area contributed by atoms with Crippen LogP contribution in [0.1, 0.15) is 36.5 Å². The van der Waals surface area contributed by atoms with Gasteiger partial charge in [0.25, 0.3) is 0 Å². The molecule has 29 heavy (non-hydrogen) atoms. The molecular weight excluding hydrogens is 366 g/mol. The van der Waals surface area contributed by atoms with E-state index >= 15 is 0 Å². The van der Waals surface area contributed by atoms with E-state index in [4.69, 9.17) is 9.97 Å². The highest BCUT2D eigenvalue weighted by Gasteiger charge is 2.24. The van der Waals surface area contributed by atoms with Gasteiger partial charge in [-0.15, -0.1) is 0 Å². The fourth-order valence-electron chi connectivity index (χ4n) is 4.07. The molecule has 0 radical (unpaired) electrons. The SMILES string of the molecule is C[C@H]1CCCCN1c1nc2cc(C(=O)O)ccc2nc1-c1ccc2[nH]ncc2c1. The van der Waals surface area contributed by atoms with E-state index in [1.54, 1.807) is 24.4 Å². The molecule has 1 aliphatic rings. The number of nitrogens with one attached hydrogen (secondary N) is 1. The number of aromatic carboxylic acids is 1. The summed E-state index contributed by atoms with van der Waals surface area (Å²) < 4.78 is 0. The minimum atomic E-state index is -0.962. The zero-order chi connectivity index (χ0) is 20.0. The molecule has 3 heterocycles. The summed E-state index contributed by atoms with van der Waals surface area (Å²) in [6, 6.07) is 11.4. The summed E-state index contributed by atoms with van der Waals surface area (Å²) in [6.45, 7) is 3.13. The Morgan fingerprint density at radius 3 is 2.86 bits per heavy atom. The molecule has 2 N–H and O–H groups in total. The maximum Gasteiger partial charge on any atom is 0.335 e. The van der Waals surface area contributed by atoms with Crippen LogP contribution in [-0.4, -0.2) is 43.8 Å². The van der Waals surface area contributed by atoms with Crippen LogP contribution in [0.2, 0.25) is 0 Å². The highest BCUT2D eigenvalue weighted by molar-refractivity contribution is 5.94. The number of benzene rings is 2. The maximum atomic E-state index is 11.4. The number of nitrogens with zero attached hydrogens (tertiary/aromatic N) is 4. The van der Waals surface area contributed by atoms with Gasteiger partial charge in [0.1, 0.15) is 5.69 Å². The molecule has 1 atom stereocenters. The van der Waals surface area contributed by atoms with Gasteiger partial charge in [-0.3, -0.25) is 5.10 Å². The van der Waals surface area contributed by atoms with Gasteiger partial charge in [-0.1, -0.05) is 6.07 Å². The number of hydrogen-bond donors (Lipinski definition) is 2. The second-order valence-electron chi connectivity index (χ2n) is 7.61. The van der Waals surface area contributed by atoms with Gasteiger partial charge in [0.15, 0.2) is 5.82 Å². The summed E-state index contributed by atoms with van der Waals surface area (Å²) in [5.41, 5.74) is 4.27. The third-order valence-corrected chi connectivity index (χ3v) is 5.68. The highest BCUT2D eigenvalue weighted by atomic mass is 16.4. The van der Waals surface area contributed by atoms with Crippen molar-refractivity contribution < 1.29 is 9.90 Å². The summed E-state index contributed by atoms with van der Waals surface area (Å²) >= 11 is 0. The molecule has 2 aromatic carbocycles. The third-order valence-electron chi connectivity index (χ3n) is 5.68. The molecule has 0 bridgehead atoms. The minimum absolute atomic E-state index is 0.219. The van der Waals surface area contributed by atoms with E-state index in [2.05, 4.69) is 28.1 Å². The molecular formula is C22H21N5O2. The van der Waals surface area contributed by atoms with E-state index in [0.717, 1.165) is 47.4 Å². The molecule has 1 fully saturated rings.